The average Bonchev–Trinajstić information content (AvgIpc) is 3.03. The highest BCUT2D eigenvalue weighted by atomic mass is 32.2. The number of hydrogen-bond acceptors (Lipinski definition) is 4. The summed E-state index contributed by atoms with van der Waals surface area (Å²) >= 11 is 0. The highest BCUT2D eigenvalue weighted by Crippen LogP contribution is 2.34. The number of aromatic nitrogens is 1. The first-order chi connectivity index (χ1) is 12.9. The van der Waals surface area contributed by atoms with Crippen molar-refractivity contribution in [3.63, 3.8) is 0 Å². The van der Waals surface area contributed by atoms with Crippen LogP contribution < -0.4 is 9.47 Å². The minimum absolute atomic E-state index is 0.208. The van der Waals surface area contributed by atoms with Crippen LogP contribution in [0.25, 0.3) is 10.9 Å². The van der Waals surface area contributed by atoms with E-state index in [1.807, 2.05) is 6.92 Å². The van der Waals surface area contributed by atoms with E-state index in [2.05, 4.69) is 23.2 Å². The second kappa shape index (κ2) is 6.58. The number of aryl methyl sites for hydroxylation is 1. The molecule has 142 valence electrons. The number of ether oxygens (including phenoxy) is 2. The molecule has 0 bridgehead atoms. The summed E-state index contributed by atoms with van der Waals surface area (Å²) in [5, 5.41) is 1.09. The third-order valence-corrected chi connectivity index (χ3v) is 6.93. The van der Waals surface area contributed by atoms with Gasteiger partial charge in [0.2, 0.25) is 10.0 Å². The summed E-state index contributed by atoms with van der Waals surface area (Å²) in [5.74, 6) is 0.906. The second-order valence-electron chi connectivity index (χ2n) is 6.74. The van der Waals surface area contributed by atoms with Crippen LogP contribution in [0, 0.1) is 6.92 Å². The highest BCUT2D eigenvalue weighted by Gasteiger charge is 2.31. The van der Waals surface area contributed by atoms with Crippen LogP contribution in [0.15, 0.2) is 41.3 Å². The van der Waals surface area contributed by atoms with Gasteiger partial charge < -0.3 is 14.5 Å². The number of nitrogens with one attached hydrogen (secondary N) is 1. The van der Waals surface area contributed by atoms with Gasteiger partial charge in [-0.15, -0.1) is 0 Å². The molecule has 0 aliphatic carbocycles. The van der Waals surface area contributed by atoms with E-state index < -0.39 is 10.0 Å². The lowest BCUT2D eigenvalue weighted by molar-refractivity contribution is 0.353. The summed E-state index contributed by atoms with van der Waals surface area (Å²) in [6.45, 7) is 2.84. The third kappa shape index (κ3) is 2.96. The number of sulfonamides is 1. The predicted molar refractivity (Wildman–Crippen MR) is 104 cm³/mol. The second-order valence-corrected chi connectivity index (χ2v) is 8.67. The van der Waals surface area contributed by atoms with E-state index in [1.165, 1.54) is 30.2 Å². The number of fused-ring (bicyclic) bond motifs is 3. The van der Waals surface area contributed by atoms with Crippen molar-refractivity contribution in [2.24, 2.45) is 0 Å². The Morgan fingerprint density at radius 3 is 2.56 bits per heavy atom. The third-order valence-electron chi connectivity index (χ3n) is 5.09. The van der Waals surface area contributed by atoms with Gasteiger partial charge in [-0.1, -0.05) is 12.1 Å². The van der Waals surface area contributed by atoms with Crippen LogP contribution in [0.2, 0.25) is 0 Å². The fourth-order valence-corrected chi connectivity index (χ4v) is 5.07. The van der Waals surface area contributed by atoms with E-state index in [9.17, 15) is 8.42 Å². The zero-order valence-corrected chi connectivity index (χ0v) is 16.4. The molecule has 0 saturated heterocycles. The molecule has 0 spiro atoms. The van der Waals surface area contributed by atoms with Gasteiger partial charge in [-0.3, -0.25) is 0 Å². The van der Waals surface area contributed by atoms with E-state index in [-0.39, 0.29) is 4.90 Å². The maximum absolute atomic E-state index is 13.2. The molecule has 0 saturated carbocycles. The predicted octanol–water partition coefficient (Wildman–Crippen LogP) is 3.24. The first-order valence-corrected chi connectivity index (χ1v) is 10.2. The molecule has 6 nitrogen and oxygen atoms in total. The van der Waals surface area contributed by atoms with E-state index in [1.54, 1.807) is 12.1 Å². The van der Waals surface area contributed by atoms with Gasteiger partial charge in [0.1, 0.15) is 0 Å². The fraction of sp³-hybridized carbons (Fsp3) is 0.300. The lowest BCUT2D eigenvalue weighted by atomic mass is 10.1. The van der Waals surface area contributed by atoms with Crippen molar-refractivity contribution in [3.8, 4) is 11.5 Å². The molecule has 0 amide bonds. The summed E-state index contributed by atoms with van der Waals surface area (Å²) in [7, 11) is -0.613. The molecular weight excluding hydrogens is 364 g/mol. The smallest absolute Gasteiger partial charge is 0.243 e. The summed E-state index contributed by atoms with van der Waals surface area (Å²) in [4.78, 5) is 3.65. The molecule has 2 heterocycles. The van der Waals surface area contributed by atoms with E-state index in [4.69, 9.17) is 9.47 Å². The van der Waals surface area contributed by atoms with Crippen molar-refractivity contribution >= 4 is 20.9 Å². The lowest BCUT2D eigenvalue weighted by Gasteiger charge is -2.26. The summed E-state index contributed by atoms with van der Waals surface area (Å²) in [6.07, 6.45) is 0.662. The maximum Gasteiger partial charge on any atom is 0.243 e. The van der Waals surface area contributed by atoms with Crippen LogP contribution in [-0.4, -0.2) is 38.5 Å². The van der Waals surface area contributed by atoms with Gasteiger partial charge in [0.15, 0.2) is 11.5 Å². The van der Waals surface area contributed by atoms with Gasteiger partial charge in [-0.25, -0.2) is 8.42 Å². The summed E-state index contributed by atoms with van der Waals surface area (Å²) < 4.78 is 38.4. The van der Waals surface area contributed by atoms with Crippen molar-refractivity contribution in [2.75, 3.05) is 20.8 Å². The number of hydrogen-bond donors (Lipinski definition) is 1. The van der Waals surface area contributed by atoms with Crippen molar-refractivity contribution in [1.29, 1.82) is 0 Å². The van der Waals surface area contributed by atoms with Crippen molar-refractivity contribution in [3.05, 3.63) is 53.2 Å². The van der Waals surface area contributed by atoms with Gasteiger partial charge >= 0.3 is 0 Å². The van der Waals surface area contributed by atoms with Crippen LogP contribution in [0.5, 0.6) is 11.5 Å². The van der Waals surface area contributed by atoms with Crippen LogP contribution in [0.1, 0.15) is 16.8 Å². The Bertz CT molecular complexity index is 1120. The van der Waals surface area contributed by atoms with Crippen molar-refractivity contribution in [2.45, 2.75) is 24.8 Å². The summed E-state index contributed by atoms with van der Waals surface area (Å²) in [5.41, 5.74) is 4.41. The van der Waals surface area contributed by atoms with E-state index >= 15 is 0 Å². The minimum Gasteiger partial charge on any atom is -0.493 e. The summed E-state index contributed by atoms with van der Waals surface area (Å²) in [6, 6.07) is 10.9. The lowest BCUT2D eigenvalue weighted by Crippen LogP contribution is -2.35. The highest BCUT2D eigenvalue weighted by molar-refractivity contribution is 7.89. The number of aromatic amines is 1. The normalized spacial score (nSPS) is 14.9. The molecule has 3 aromatic rings. The first kappa shape index (κ1) is 17.9. The first-order valence-electron chi connectivity index (χ1n) is 8.76. The SMILES string of the molecule is COc1ccc(S(=O)(=O)N2CCc3[nH]c4cc(C)ccc4c3C2)cc1OC. The standard InChI is InChI=1S/C20H22N2O4S/c1-13-4-6-15-16-12-22(9-8-17(16)21-18(15)10-13)27(23,24)14-5-7-19(25-2)20(11-14)26-3/h4-7,10-11,21H,8-9,12H2,1-3H3. The number of methoxy groups -OCH3 is 2. The molecule has 1 aliphatic rings. The van der Waals surface area contributed by atoms with Crippen molar-refractivity contribution in [1.82, 2.24) is 9.29 Å². The van der Waals surface area contributed by atoms with Gasteiger partial charge in [-0.2, -0.15) is 4.31 Å². The topological polar surface area (TPSA) is 71.6 Å². The Balaban J connectivity index is 1.71. The molecule has 0 radical (unpaired) electrons. The Hall–Kier alpha value is -2.51. The molecule has 4 rings (SSSR count). The van der Waals surface area contributed by atoms with Gasteiger partial charge in [-0.05, 0) is 36.2 Å². The van der Waals surface area contributed by atoms with Gasteiger partial charge in [0.05, 0.1) is 19.1 Å². The van der Waals surface area contributed by atoms with Gasteiger partial charge in [0, 0.05) is 42.2 Å². The zero-order valence-electron chi connectivity index (χ0n) is 15.6. The Morgan fingerprint density at radius 1 is 1.04 bits per heavy atom. The molecule has 7 heteroatoms. The van der Waals surface area contributed by atoms with Crippen LogP contribution in [-0.2, 0) is 23.0 Å². The molecule has 1 N–H and O–H groups in total. The van der Waals surface area contributed by atoms with E-state index in [0.29, 0.717) is 31.0 Å². The van der Waals surface area contributed by atoms with Gasteiger partial charge in [0.25, 0.3) is 0 Å². The Kier molecular flexibility index (Phi) is 4.36. The number of rotatable bonds is 4. The maximum atomic E-state index is 13.2. The average molecular weight is 386 g/mol. The Morgan fingerprint density at radius 2 is 1.81 bits per heavy atom. The molecule has 2 aromatic carbocycles. The number of H-pyrrole nitrogens is 1. The monoisotopic (exact) mass is 386 g/mol. The number of benzene rings is 2. The molecule has 0 unspecified atom stereocenters. The van der Waals surface area contributed by atoms with E-state index in [0.717, 1.165) is 22.2 Å². The molecule has 1 aliphatic heterocycles. The van der Waals surface area contributed by atoms with Crippen LogP contribution in [0.3, 0.4) is 0 Å². The molecular formula is C20H22N2O4S. The van der Waals surface area contributed by atoms with Crippen molar-refractivity contribution < 1.29 is 17.9 Å². The van der Waals surface area contributed by atoms with Crippen LogP contribution >= 0.6 is 0 Å². The molecule has 27 heavy (non-hydrogen) atoms. The minimum atomic E-state index is -3.63. The molecule has 0 atom stereocenters. The zero-order chi connectivity index (χ0) is 19.2. The van der Waals surface area contributed by atoms with Crippen LogP contribution in [0.4, 0.5) is 0 Å². The fourth-order valence-electron chi connectivity index (χ4n) is 3.64. The molecule has 0 fully saturated rings. The molecule has 1 aromatic heterocycles. The quantitative estimate of drug-likeness (QED) is 0.747. The number of nitrogens with zero attached hydrogens (tertiary/aromatic N) is 1. The largest absolute Gasteiger partial charge is 0.493 e. The Labute approximate surface area is 158 Å².